The van der Waals surface area contributed by atoms with Gasteiger partial charge in [-0.1, -0.05) is 42.5 Å². The number of para-hydroxylation sites is 1. The maximum Gasteiger partial charge on any atom is 0.303 e. The second-order valence-corrected chi connectivity index (χ2v) is 8.10. The average Bonchev–Trinajstić information content (AvgIpc) is 3.49. The van der Waals surface area contributed by atoms with E-state index in [9.17, 15) is 9.59 Å². The van der Waals surface area contributed by atoms with Gasteiger partial charge in [0.2, 0.25) is 5.91 Å². The summed E-state index contributed by atoms with van der Waals surface area (Å²) in [6.45, 7) is 4.19. The molecule has 0 spiro atoms. The SMILES string of the molecule is C=C[C@@H]1C[C@@H]1OCNSc1ccccc1NC(=O)Cc1cccc(CCC(=O)O)c1. The Morgan fingerprint density at radius 2 is 2.00 bits per heavy atom. The third-order valence-electron chi connectivity index (χ3n) is 4.76. The zero-order valence-corrected chi connectivity index (χ0v) is 17.5. The van der Waals surface area contributed by atoms with Crippen molar-refractivity contribution in [2.75, 3.05) is 12.0 Å². The number of hydrogen-bond acceptors (Lipinski definition) is 5. The van der Waals surface area contributed by atoms with E-state index in [-0.39, 0.29) is 24.9 Å². The quantitative estimate of drug-likeness (QED) is 0.206. The first-order chi connectivity index (χ1) is 14.5. The Hall–Kier alpha value is -2.61. The molecular formula is C23H26N2O4S. The van der Waals surface area contributed by atoms with Crippen molar-refractivity contribution in [1.29, 1.82) is 0 Å². The molecule has 1 aliphatic rings. The Morgan fingerprint density at radius 3 is 2.77 bits per heavy atom. The van der Waals surface area contributed by atoms with Gasteiger partial charge in [-0.25, -0.2) is 4.72 Å². The van der Waals surface area contributed by atoms with E-state index in [1.54, 1.807) is 0 Å². The van der Waals surface area contributed by atoms with Crippen molar-refractivity contribution in [2.45, 2.75) is 36.7 Å². The van der Waals surface area contributed by atoms with E-state index in [4.69, 9.17) is 9.84 Å². The highest BCUT2D eigenvalue weighted by Gasteiger charge is 2.35. The summed E-state index contributed by atoms with van der Waals surface area (Å²) in [6.07, 6.45) is 3.96. The molecule has 158 valence electrons. The zero-order valence-electron chi connectivity index (χ0n) is 16.7. The first kappa shape index (κ1) is 22.1. The van der Waals surface area contributed by atoms with Crippen LogP contribution in [0, 0.1) is 5.92 Å². The second kappa shape index (κ2) is 11.0. The van der Waals surface area contributed by atoms with E-state index in [2.05, 4.69) is 16.6 Å². The Balaban J connectivity index is 1.49. The van der Waals surface area contributed by atoms with Crippen LogP contribution in [0.1, 0.15) is 24.0 Å². The van der Waals surface area contributed by atoms with Crippen LogP contribution in [0.5, 0.6) is 0 Å². The number of anilines is 1. The molecule has 6 nitrogen and oxygen atoms in total. The van der Waals surface area contributed by atoms with Crippen LogP contribution < -0.4 is 10.0 Å². The molecule has 1 aliphatic carbocycles. The molecule has 0 aliphatic heterocycles. The highest BCUT2D eigenvalue weighted by atomic mass is 32.2. The Morgan fingerprint density at radius 1 is 1.20 bits per heavy atom. The van der Waals surface area contributed by atoms with Gasteiger partial charge in [-0.05, 0) is 48.0 Å². The van der Waals surface area contributed by atoms with Crippen molar-refractivity contribution in [3.63, 3.8) is 0 Å². The fourth-order valence-electron chi connectivity index (χ4n) is 3.06. The van der Waals surface area contributed by atoms with Gasteiger partial charge in [0.05, 0.1) is 18.2 Å². The van der Waals surface area contributed by atoms with E-state index >= 15 is 0 Å². The Kier molecular flexibility index (Phi) is 8.07. The molecule has 2 atom stereocenters. The van der Waals surface area contributed by atoms with Gasteiger partial charge in [-0.15, -0.1) is 6.58 Å². The van der Waals surface area contributed by atoms with Crippen LogP contribution in [0.25, 0.3) is 0 Å². The fourth-order valence-corrected chi connectivity index (χ4v) is 3.72. The van der Waals surface area contributed by atoms with Crippen LogP contribution in [0.2, 0.25) is 0 Å². The molecule has 2 aromatic carbocycles. The lowest BCUT2D eigenvalue weighted by Crippen LogP contribution is -2.16. The number of hydrogen-bond donors (Lipinski definition) is 3. The van der Waals surface area contributed by atoms with Crippen LogP contribution in [-0.2, 0) is 27.2 Å². The molecule has 30 heavy (non-hydrogen) atoms. The molecule has 2 aromatic rings. The summed E-state index contributed by atoms with van der Waals surface area (Å²) in [6, 6.07) is 15.1. The summed E-state index contributed by atoms with van der Waals surface area (Å²) in [7, 11) is 0. The van der Waals surface area contributed by atoms with Crippen LogP contribution in [0.4, 0.5) is 5.69 Å². The van der Waals surface area contributed by atoms with E-state index in [0.717, 1.165) is 28.1 Å². The molecule has 1 amide bonds. The summed E-state index contributed by atoms with van der Waals surface area (Å²) >= 11 is 1.41. The largest absolute Gasteiger partial charge is 0.481 e. The van der Waals surface area contributed by atoms with Crippen LogP contribution in [0.3, 0.4) is 0 Å². The van der Waals surface area contributed by atoms with Gasteiger partial charge in [0.15, 0.2) is 0 Å². The third-order valence-corrected chi connectivity index (χ3v) is 5.60. The number of amides is 1. The number of ether oxygens (including phenoxy) is 1. The van der Waals surface area contributed by atoms with Crippen LogP contribution in [0.15, 0.2) is 66.1 Å². The molecule has 7 heteroatoms. The predicted octanol–water partition coefficient (Wildman–Crippen LogP) is 4.03. The van der Waals surface area contributed by atoms with Gasteiger partial charge in [0.1, 0.15) is 6.73 Å². The minimum atomic E-state index is -0.830. The molecule has 1 saturated carbocycles. The number of rotatable bonds is 12. The Labute approximate surface area is 180 Å². The third kappa shape index (κ3) is 7.02. The number of carbonyl (C=O) groups excluding carboxylic acids is 1. The number of carboxylic acids is 1. The summed E-state index contributed by atoms with van der Waals surface area (Å²) < 4.78 is 8.87. The maximum absolute atomic E-state index is 12.5. The Bertz CT molecular complexity index is 902. The average molecular weight is 427 g/mol. The molecule has 0 aromatic heterocycles. The number of carbonyl (C=O) groups is 2. The summed E-state index contributed by atoms with van der Waals surface area (Å²) in [5, 5.41) is 11.8. The first-order valence-corrected chi connectivity index (χ1v) is 10.7. The minimum Gasteiger partial charge on any atom is -0.481 e. The number of aliphatic carboxylic acids is 1. The summed E-state index contributed by atoms with van der Waals surface area (Å²) in [4.78, 5) is 24.2. The molecule has 0 saturated heterocycles. The number of aryl methyl sites for hydroxylation is 1. The van der Waals surface area contributed by atoms with Crippen LogP contribution >= 0.6 is 11.9 Å². The molecule has 3 rings (SSSR count). The van der Waals surface area contributed by atoms with Gasteiger partial charge >= 0.3 is 5.97 Å². The van der Waals surface area contributed by atoms with Crippen molar-refractivity contribution >= 4 is 29.5 Å². The molecule has 3 N–H and O–H groups in total. The van der Waals surface area contributed by atoms with E-state index in [0.29, 0.717) is 19.1 Å². The lowest BCUT2D eigenvalue weighted by Gasteiger charge is -2.12. The van der Waals surface area contributed by atoms with Gasteiger partial charge in [-0.2, -0.15) is 0 Å². The van der Waals surface area contributed by atoms with E-state index in [1.165, 1.54) is 11.9 Å². The van der Waals surface area contributed by atoms with Crippen LogP contribution in [-0.4, -0.2) is 29.8 Å². The van der Waals surface area contributed by atoms with Gasteiger partial charge in [0.25, 0.3) is 0 Å². The van der Waals surface area contributed by atoms with Gasteiger partial charge < -0.3 is 15.2 Å². The number of benzene rings is 2. The molecule has 1 fully saturated rings. The molecule has 0 bridgehead atoms. The topological polar surface area (TPSA) is 87.7 Å². The molecule has 0 heterocycles. The van der Waals surface area contributed by atoms with Crippen molar-refractivity contribution in [3.05, 3.63) is 72.3 Å². The highest BCUT2D eigenvalue weighted by molar-refractivity contribution is 7.97. The van der Waals surface area contributed by atoms with E-state index in [1.807, 2.05) is 54.6 Å². The lowest BCUT2D eigenvalue weighted by molar-refractivity contribution is -0.137. The minimum absolute atomic E-state index is 0.0754. The van der Waals surface area contributed by atoms with E-state index < -0.39 is 5.97 Å². The van der Waals surface area contributed by atoms with Crippen molar-refractivity contribution < 1.29 is 19.4 Å². The van der Waals surface area contributed by atoms with Crippen molar-refractivity contribution in [2.24, 2.45) is 5.92 Å². The van der Waals surface area contributed by atoms with Crippen molar-refractivity contribution in [3.8, 4) is 0 Å². The maximum atomic E-state index is 12.5. The highest BCUT2D eigenvalue weighted by Crippen LogP contribution is 2.34. The fraction of sp³-hybridized carbons (Fsp3) is 0.304. The zero-order chi connectivity index (χ0) is 21.3. The van der Waals surface area contributed by atoms with Gasteiger partial charge in [-0.3, -0.25) is 9.59 Å². The number of nitrogens with one attached hydrogen (secondary N) is 2. The molecule has 0 unspecified atom stereocenters. The second-order valence-electron chi connectivity index (χ2n) is 7.17. The normalized spacial score (nSPS) is 17.3. The molecule has 0 radical (unpaired) electrons. The summed E-state index contributed by atoms with van der Waals surface area (Å²) in [5.41, 5.74) is 2.50. The van der Waals surface area contributed by atoms with Gasteiger partial charge in [0, 0.05) is 17.2 Å². The summed E-state index contributed by atoms with van der Waals surface area (Å²) in [5.74, 6) is -0.489. The molecular weight excluding hydrogens is 400 g/mol. The number of carboxylic acid groups (broad SMARTS) is 1. The lowest BCUT2D eigenvalue weighted by atomic mass is 10.0. The standard InChI is InChI=1S/C23H26N2O4S/c1-2-18-14-20(18)29-15-24-30-21-9-4-3-8-19(21)25-22(26)13-17-7-5-6-16(12-17)10-11-23(27)28/h2-9,12,18,20,24H,1,10-11,13-15H2,(H,25,26)(H,27,28)/t18-,20+/m1/s1. The smallest absolute Gasteiger partial charge is 0.303 e. The monoisotopic (exact) mass is 426 g/mol. The predicted molar refractivity (Wildman–Crippen MR) is 118 cm³/mol. The first-order valence-electron chi connectivity index (χ1n) is 9.87. The van der Waals surface area contributed by atoms with Crippen molar-refractivity contribution in [1.82, 2.24) is 4.72 Å².